The van der Waals surface area contributed by atoms with E-state index in [4.69, 9.17) is 14.2 Å². The number of hydrogen-bond acceptors (Lipinski definition) is 4. The molecule has 0 radical (unpaired) electrons. The third-order valence-corrected chi connectivity index (χ3v) is 5.32. The molecule has 6 heteroatoms. The number of urea groups is 1. The lowest BCUT2D eigenvalue weighted by molar-refractivity contribution is 0.239. The quantitative estimate of drug-likeness (QED) is 0.899. The largest absolute Gasteiger partial charge is 0.493 e. The summed E-state index contributed by atoms with van der Waals surface area (Å²) in [6, 6.07) is 11.4. The van der Waals surface area contributed by atoms with Gasteiger partial charge in [0.1, 0.15) is 0 Å². The smallest absolute Gasteiger partial charge is 0.341 e. The van der Waals surface area contributed by atoms with Gasteiger partial charge in [-0.2, -0.15) is 4.99 Å². The van der Waals surface area contributed by atoms with E-state index < -0.39 is 0 Å². The second kappa shape index (κ2) is 6.95. The zero-order valence-electron chi connectivity index (χ0n) is 15.6. The van der Waals surface area contributed by atoms with Crippen LogP contribution in [0.15, 0.2) is 41.4 Å². The Kier molecular flexibility index (Phi) is 4.48. The Bertz CT molecular complexity index is 897. The van der Waals surface area contributed by atoms with E-state index in [0.717, 1.165) is 29.7 Å². The maximum absolute atomic E-state index is 12.4. The highest BCUT2D eigenvalue weighted by Crippen LogP contribution is 2.43. The number of rotatable bonds is 4. The Morgan fingerprint density at radius 1 is 1.04 bits per heavy atom. The molecule has 1 heterocycles. The van der Waals surface area contributed by atoms with Crippen LogP contribution in [0.4, 0.5) is 4.79 Å². The minimum absolute atomic E-state index is 0.0976. The minimum atomic E-state index is -0.322. The molecule has 2 amide bonds. The number of fused-ring (bicyclic) bond motifs is 3. The molecule has 1 N–H and O–H groups in total. The Morgan fingerprint density at radius 2 is 1.74 bits per heavy atom. The predicted octanol–water partition coefficient (Wildman–Crippen LogP) is 3.53. The standard InChI is InChI=1S/C21H22N2O4/c1-25-16-10-13(11-17(26-2)20(16)27-3)18-15-9-8-12-6-4-5-7-14(12)19(15)23-21(24)22-18/h4-7,10-11,15,18H,8-9H2,1-3H3,(H,22,24). The lowest BCUT2D eigenvalue weighted by atomic mass is 9.75. The van der Waals surface area contributed by atoms with Crippen LogP contribution in [0, 0.1) is 5.92 Å². The molecule has 0 fully saturated rings. The van der Waals surface area contributed by atoms with Gasteiger partial charge in [-0.25, -0.2) is 4.79 Å². The molecular weight excluding hydrogens is 344 g/mol. The van der Waals surface area contributed by atoms with Gasteiger partial charge in [0.15, 0.2) is 11.5 Å². The fraction of sp³-hybridized carbons (Fsp3) is 0.333. The van der Waals surface area contributed by atoms with Gasteiger partial charge < -0.3 is 19.5 Å². The molecule has 27 heavy (non-hydrogen) atoms. The second-order valence-electron chi connectivity index (χ2n) is 6.69. The van der Waals surface area contributed by atoms with Gasteiger partial charge in [-0.3, -0.25) is 0 Å². The number of nitrogens with one attached hydrogen (secondary N) is 1. The van der Waals surface area contributed by atoms with Crippen molar-refractivity contribution in [3.63, 3.8) is 0 Å². The average molecular weight is 366 g/mol. The monoisotopic (exact) mass is 366 g/mol. The molecule has 2 aromatic carbocycles. The Labute approximate surface area is 158 Å². The van der Waals surface area contributed by atoms with Crippen LogP contribution in [0.5, 0.6) is 17.2 Å². The summed E-state index contributed by atoms with van der Waals surface area (Å²) in [5.41, 5.74) is 4.08. The fourth-order valence-corrected chi connectivity index (χ4v) is 4.08. The van der Waals surface area contributed by atoms with E-state index in [1.54, 1.807) is 21.3 Å². The molecule has 2 aliphatic rings. The molecule has 1 aliphatic carbocycles. The summed E-state index contributed by atoms with van der Waals surface area (Å²) >= 11 is 0. The van der Waals surface area contributed by atoms with Crippen molar-refractivity contribution in [1.82, 2.24) is 5.32 Å². The van der Waals surface area contributed by atoms with Crippen LogP contribution in [0.2, 0.25) is 0 Å². The minimum Gasteiger partial charge on any atom is -0.493 e. The lowest BCUT2D eigenvalue weighted by Gasteiger charge is -2.36. The maximum atomic E-state index is 12.4. The van der Waals surface area contributed by atoms with E-state index >= 15 is 0 Å². The molecule has 0 saturated carbocycles. The number of aliphatic imine (C=N–C) groups is 1. The summed E-state index contributed by atoms with van der Waals surface area (Å²) in [5.74, 6) is 1.77. The fourth-order valence-electron chi connectivity index (χ4n) is 4.08. The second-order valence-corrected chi connectivity index (χ2v) is 6.69. The molecule has 0 bridgehead atoms. The molecule has 6 nitrogen and oxygen atoms in total. The SMILES string of the molecule is COc1cc(C2NC(=O)N=C3c4ccccc4CCC32)cc(OC)c1OC. The van der Waals surface area contributed by atoms with E-state index in [0.29, 0.717) is 17.2 Å². The number of aryl methyl sites for hydroxylation is 1. The highest BCUT2D eigenvalue weighted by Gasteiger charge is 2.38. The Balaban J connectivity index is 1.80. The maximum Gasteiger partial charge on any atom is 0.341 e. The van der Waals surface area contributed by atoms with Crippen molar-refractivity contribution in [3.05, 3.63) is 53.1 Å². The third-order valence-electron chi connectivity index (χ3n) is 5.32. The van der Waals surface area contributed by atoms with Gasteiger partial charge in [-0.1, -0.05) is 24.3 Å². The predicted molar refractivity (Wildman–Crippen MR) is 102 cm³/mol. The van der Waals surface area contributed by atoms with E-state index in [9.17, 15) is 4.79 Å². The van der Waals surface area contributed by atoms with E-state index in [2.05, 4.69) is 16.4 Å². The van der Waals surface area contributed by atoms with Crippen molar-refractivity contribution in [2.75, 3.05) is 21.3 Å². The molecule has 4 rings (SSSR count). The van der Waals surface area contributed by atoms with E-state index in [1.807, 2.05) is 30.3 Å². The molecule has 0 aromatic heterocycles. The van der Waals surface area contributed by atoms with Crippen LogP contribution in [0.3, 0.4) is 0 Å². The number of hydrogen-bond donors (Lipinski definition) is 1. The van der Waals surface area contributed by atoms with Crippen molar-refractivity contribution in [3.8, 4) is 17.2 Å². The zero-order chi connectivity index (χ0) is 19.0. The first kappa shape index (κ1) is 17.4. The molecule has 1 aliphatic heterocycles. The summed E-state index contributed by atoms with van der Waals surface area (Å²) in [4.78, 5) is 16.7. The summed E-state index contributed by atoms with van der Waals surface area (Å²) < 4.78 is 16.4. The summed E-state index contributed by atoms with van der Waals surface area (Å²) in [6.07, 6.45) is 1.87. The molecule has 2 aromatic rings. The van der Waals surface area contributed by atoms with Gasteiger partial charge in [0.2, 0.25) is 5.75 Å². The lowest BCUT2D eigenvalue weighted by Crippen LogP contribution is -2.43. The summed E-state index contributed by atoms with van der Waals surface area (Å²) in [5, 5.41) is 3.02. The Hall–Kier alpha value is -3.02. The highest BCUT2D eigenvalue weighted by molar-refractivity contribution is 6.11. The first-order chi connectivity index (χ1) is 13.2. The topological polar surface area (TPSA) is 69.2 Å². The zero-order valence-corrected chi connectivity index (χ0v) is 15.6. The Morgan fingerprint density at radius 3 is 2.41 bits per heavy atom. The van der Waals surface area contributed by atoms with Gasteiger partial charge in [0.25, 0.3) is 0 Å². The molecule has 140 valence electrons. The van der Waals surface area contributed by atoms with E-state index in [-0.39, 0.29) is 18.0 Å². The van der Waals surface area contributed by atoms with Crippen molar-refractivity contribution in [2.45, 2.75) is 18.9 Å². The van der Waals surface area contributed by atoms with Gasteiger partial charge in [-0.15, -0.1) is 0 Å². The normalized spacial score (nSPS) is 20.7. The van der Waals surface area contributed by atoms with Crippen LogP contribution < -0.4 is 19.5 Å². The number of ether oxygens (including phenoxy) is 3. The summed E-state index contributed by atoms with van der Waals surface area (Å²) in [7, 11) is 4.75. The number of amides is 2. The number of benzene rings is 2. The number of methoxy groups -OCH3 is 3. The van der Waals surface area contributed by atoms with Gasteiger partial charge >= 0.3 is 6.03 Å². The van der Waals surface area contributed by atoms with Gasteiger partial charge in [0.05, 0.1) is 33.1 Å². The van der Waals surface area contributed by atoms with E-state index in [1.165, 1.54) is 5.56 Å². The summed E-state index contributed by atoms with van der Waals surface area (Å²) in [6.45, 7) is 0. The van der Waals surface area contributed by atoms with Crippen molar-refractivity contribution < 1.29 is 19.0 Å². The average Bonchev–Trinajstić information content (AvgIpc) is 2.71. The number of carbonyl (C=O) groups excluding carboxylic acids is 1. The van der Waals surface area contributed by atoms with Crippen molar-refractivity contribution in [2.24, 2.45) is 10.9 Å². The first-order valence-corrected chi connectivity index (χ1v) is 8.93. The highest BCUT2D eigenvalue weighted by atomic mass is 16.5. The van der Waals surface area contributed by atoms with Crippen LogP contribution >= 0.6 is 0 Å². The van der Waals surface area contributed by atoms with Crippen LogP contribution in [-0.2, 0) is 6.42 Å². The molecule has 0 spiro atoms. The van der Waals surface area contributed by atoms with Crippen LogP contribution in [0.25, 0.3) is 0 Å². The van der Waals surface area contributed by atoms with Crippen LogP contribution in [0.1, 0.15) is 29.2 Å². The van der Waals surface area contributed by atoms with Crippen molar-refractivity contribution >= 4 is 11.7 Å². The van der Waals surface area contributed by atoms with Crippen molar-refractivity contribution in [1.29, 1.82) is 0 Å². The number of nitrogens with zero attached hydrogens (tertiary/aromatic N) is 1. The molecule has 2 atom stereocenters. The molecule has 0 saturated heterocycles. The van der Waals surface area contributed by atoms with Gasteiger partial charge in [-0.05, 0) is 41.7 Å². The molecular formula is C21H22N2O4. The van der Waals surface area contributed by atoms with Gasteiger partial charge in [0, 0.05) is 5.92 Å². The van der Waals surface area contributed by atoms with Crippen LogP contribution in [-0.4, -0.2) is 33.1 Å². The third kappa shape index (κ3) is 2.91. The first-order valence-electron chi connectivity index (χ1n) is 8.93. The molecule has 2 unspecified atom stereocenters. The number of carbonyl (C=O) groups is 1.